The molecule has 5 nitrogen and oxygen atoms in total. The summed E-state index contributed by atoms with van der Waals surface area (Å²) in [6.45, 7) is 0. The SMILES string of the molecule is O=C(NC1CC2CCC1C2)/C(=C/c1ccco1)NC(=O)c1ccccc1. The molecule has 2 amide bonds. The predicted molar refractivity (Wildman–Crippen MR) is 98.0 cm³/mol. The van der Waals surface area contributed by atoms with Gasteiger partial charge < -0.3 is 15.1 Å². The summed E-state index contributed by atoms with van der Waals surface area (Å²) in [6.07, 6.45) is 7.81. The standard InChI is InChI=1S/C21H22N2O3/c24-20(15-5-2-1-3-6-15)23-19(13-17-7-4-10-26-17)21(25)22-18-12-14-8-9-16(18)11-14/h1-7,10,13-14,16,18H,8-9,11-12H2,(H,22,25)(H,23,24)/b19-13-. The van der Waals surface area contributed by atoms with Crippen molar-refractivity contribution in [1.82, 2.24) is 10.6 Å². The van der Waals surface area contributed by atoms with Gasteiger partial charge in [0.15, 0.2) is 0 Å². The molecule has 26 heavy (non-hydrogen) atoms. The van der Waals surface area contributed by atoms with Crippen LogP contribution in [0.25, 0.3) is 6.08 Å². The highest BCUT2D eigenvalue weighted by molar-refractivity contribution is 6.05. The predicted octanol–water partition coefficient (Wildman–Crippen LogP) is 3.36. The van der Waals surface area contributed by atoms with Crippen LogP contribution in [0, 0.1) is 11.8 Å². The first-order valence-corrected chi connectivity index (χ1v) is 9.11. The molecule has 0 saturated heterocycles. The minimum atomic E-state index is -0.313. The molecule has 1 aromatic carbocycles. The topological polar surface area (TPSA) is 71.3 Å². The average molecular weight is 350 g/mol. The minimum Gasteiger partial charge on any atom is -0.465 e. The van der Waals surface area contributed by atoms with E-state index in [0.717, 1.165) is 12.3 Å². The molecule has 5 heteroatoms. The molecule has 2 aliphatic rings. The van der Waals surface area contributed by atoms with Crippen molar-refractivity contribution >= 4 is 17.9 Å². The van der Waals surface area contributed by atoms with E-state index < -0.39 is 0 Å². The molecule has 0 spiro atoms. The smallest absolute Gasteiger partial charge is 0.268 e. The second-order valence-corrected chi connectivity index (χ2v) is 7.15. The van der Waals surface area contributed by atoms with E-state index >= 15 is 0 Å². The number of hydrogen-bond acceptors (Lipinski definition) is 3. The molecule has 0 radical (unpaired) electrons. The van der Waals surface area contributed by atoms with Crippen LogP contribution in [-0.4, -0.2) is 17.9 Å². The first-order chi connectivity index (χ1) is 12.7. The molecular formula is C21H22N2O3. The largest absolute Gasteiger partial charge is 0.465 e. The number of hydrogen-bond donors (Lipinski definition) is 2. The number of carbonyl (C=O) groups is 2. The van der Waals surface area contributed by atoms with Crippen molar-refractivity contribution in [2.75, 3.05) is 0 Å². The van der Waals surface area contributed by atoms with Crippen molar-refractivity contribution in [2.24, 2.45) is 11.8 Å². The molecule has 3 atom stereocenters. The van der Waals surface area contributed by atoms with E-state index in [1.807, 2.05) is 6.07 Å². The quantitative estimate of drug-likeness (QED) is 0.812. The van der Waals surface area contributed by atoms with Gasteiger partial charge in [0, 0.05) is 17.7 Å². The summed E-state index contributed by atoms with van der Waals surface area (Å²) in [5.41, 5.74) is 0.710. The number of amides is 2. The van der Waals surface area contributed by atoms with Crippen LogP contribution in [0.2, 0.25) is 0 Å². The molecule has 1 heterocycles. The van der Waals surface area contributed by atoms with Gasteiger partial charge in [-0.25, -0.2) is 0 Å². The highest BCUT2D eigenvalue weighted by Gasteiger charge is 2.40. The van der Waals surface area contributed by atoms with Gasteiger partial charge in [-0.1, -0.05) is 24.6 Å². The van der Waals surface area contributed by atoms with Crippen molar-refractivity contribution in [3.63, 3.8) is 0 Å². The number of nitrogens with one attached hydrogen (secondary N) is 2. The zero-order valence-electron chi connectivity index (χ0n) is 14.5. The second kappa shape index (κ2) is 7.20. The maximum atomic E-state index is 12.8. The zero-order valence-corrected chi connectivity index (χ0v) is 14.5. The lowest BCUT2D eigenvalue weighted by atomic mass is 9.95. The zero-order chi connectivity index (χ0) is 17.9. The van der Waals surface area contributed by atoms with Crippen LogP contribution < -0.4 is 10.6 Å². The van der Waals surface area contributed by atoms with Crippen LogP contribution in [0.5, 0.6) is 0 Å². The van der Waals surface area contributed by atoms with Crippen LogP contribution in [0.15, 0.2) is 58.8 Å². The Labute approximate surface area is 152 Å². The fourth-order valence-corrected chi connectivity index (χ4v) is 4.13. The lowest BCUT2D eigenvalue weighted by Gasteiger charge is -2.23. The Morgan fingerprint density at radius 1 is 1.04 bits per heavy atom. The fraction of sp³-hybridized carbons (Fsp3) is 0.333. The molecule has 2 fully saturated rings. The van der Waals surface area contributed by atoms with E-state index in [9.17, 15) is 9.59 Å². The molecule has 3 unspecified atom stereocenters. The summed E-state index contributed by atoms with van der Waals surface area (Å²) >= 11 is 0. The molecule has 1 aromatic heterocycles. The Morgan fingerprint density at radius 3 is 2.54 bits per heavy atom. The summed E-state index contributed by atoms with van der Waals surface area (Å²) < 4.78 is 5.31. The highest BCUT2D eigenvalue weighted by atomic mass is 16.3. The third kappa shape index (κ3) is 3.57. The lowest BCUT2D eigenvalue weighted by molar-refractivity contribution is -0.118. The highest BCUT2D eigenvalue weighted by Crippen LogP contribution is 2.44. The molecule has 2 aromatic rings. The van der Waals surface area contributed by atoms with Crippen molar-refractivity contribution in [2.45, 2.75) is 31.7 Å². The Morgan fingerprint density at radius 2 is 1.88 bits per heavy atom. The molecule has 0 aliphatic heterocycles. The van der Waals surface area contributed by atoms with Gasteiger partial charge in [0.25, 0.3) is 11.8 Å². The van der Waals surface area contributed by atoms with E-state index in [1.54, 1.807) is 42.5 Å². The van der Waals surface area contributed by atoms with Gasteiger partial charge in [-0.2, -0.15) is 0 Å². The lowest BCUT2D eigenvalue weighted by Crippen LogP contribution is -2.42. The van der Waals surface area contributed by atoms with Crippen molar-refractivity contribution in [3.8, 4) is 0 Å². The average Bonchev–Trinajstić information content (AvgIpc) is 3.40. The Hall–Kier alpha value is -2.82. The van der Waals surface area contributed by atoms with Crippen LogP contribution in [0.1, 0.15) is 41.8 Å². The molecule has 2 bridgehead atoms. The van der Waals surface area contributed by atoms with Gasteiger partial charge in [0.2, 0.25) is 0 Å². The van der Waals surface area contributed by atoms with Crippen LogP contribution in [0.3, 0.4) is 0 Å². The van der Waals surface area contributed by atoms with E-state index in [0.29, 0.717) is 17.2 Å². The van der Waals surface area contributed by atoms with Gasteiger partial charge in [-0.05, 0) is 55.4 Å². The van der Waals surface area contributed by atoms with Crippen molar-refractivity contribution < 1.29 is 14.0 Å². The number of rotatable bonds is 5. The van der Waals surface area contributed by atoms with Crippen LogP contribution >= 0.6 is 0 Å². The molecule has 134 valence electrons. The summed E-state index contributed by atoms with van der Waals surface area (Å²) in [5.74, 6) is 1.26. The van der Waals surface area contributed by atoms with E-state index in [1.165, 1.54) is 25.5 Å². The first-order valence-electron chi connectivity index (χ1n) is 9.11. The summed E-state index contributed by atoms with van der Waals surface area (Å²) in [6, 6.07) is 12.6. The molecular weight excluding hydrogens is 328 g/mol. The maximum Gasteiger partial charge on any atom is 0.268 e. The molecule has 4 rings (SSSR count). The van der Waals surface area contributed by atoms with Gasteiger partial charge in [0.05, 0.1) is 6.26 Å². The normalized spacial score (nSPS) is 24.5. The first kappa shape index (κ1) is 16.6. The summed E-state index contributed by atoms with van der Waals surface area (Å²) in [5, 5.41) is 5.86. The third-order valence-electron chi connectivity index (χ3n) is 5.41. The summed E-state index contributed by atoms with van der Waals surface area (Å²) in [7, 11) is 0. The third-order valence-corrected chi connectivity index (χ3v) is 5.41. The monoisotopic (exact) mass is 350 g/mol. The molecule has 2 N–H and O–H groups in total. The van der Waals surface area contributed by atoms with Crippen LogP contribution in [-0.2, 0) is 4.79 Å². The molecule has 2 saturated carbocycles. The number of fused-ring (bicyclic) bond motifs is 2. The molecule has 2 aliphatic carbocycles. The van der Waals surface area contributed by atoms with E-state index in [-0.39, 0.29) is 23.6 Å². The van der Waals surface area contributed by atoms with Crippen molar-refractivity contribution in [1.29, 1.82) is 0 Å². The second-order valence-electron chi connectivity index (χ2n) is 7.15. The number of benzene rings is 1. The Balaban J connectivity index is 1.51. The van der Waals surface area contributed by atoms with E-state index in [4.69, 9.17) is 4.42 Å². The summed E-state index contributed by atoms with van der Waals surface area (Å²) in [4.78, 5) is 25.3. The van der Waals surface area contributed by atoms with Crippen molar-refractivity contribution in [3.05, 3.63) is 65.7 Å². The van der Waals surface area contributed by atoms with Gasteiger partial charge in [-0.3, -0.25) is 9.59 Å². The number of furan rings is 1. The van der Waals surface area contributed by atoms with Gasteiger partial charge in [0.1, 0.15) is 11.5 Å². The Bertz CT molecular complexity index is 811. The Kier molecular flexibility index (Phi) is 4.61. The van der Waals surface area contributed by atoms with Crippen LogP contribution in [0.4, 0.5) is 0 Å². The fourth-order valence-electron chi connectivity index (χ4n) is 4.13. The number of carbonyl (C=O) groups excluding carboxylic acids is 2. The maximum absolute atomic E-state index is 12.8. The van der Waals surface area contributed by atoms with Gasteiger partial charge >= 0.3 is 0 Å². The van der Waals surface area contributed by atoms with E-state index in [2.05, 4.69) is 10.6 Å². The minimum absolute atomic E-state index is 0.204. The van der Waals surface area contributed by atoms with Gasteiger partial charge in [-0.15, -0.1) is 0 Å².